The Labute approximate surface area is 188 Å². The lowest BCUT2D eigenvalue weighted by molar-refractivity contribution is -0.120. The fourth-order valence-electron chi connectivity index (χ4n) is 3.71. The smallest absolute Gasteiger partial charge is 0.233 e. The lowest BCUT2D eigenvalue weighted by Gasteiger charge is -2.19. The van der Waals surface area contributed by atoms with Gasteiger partial charge in [0.15, 0.2) is 5.16 Å². The number of nitrogens with one attached hydrogen (secondary N) is 1. The van der Waals surface area contributed by atoms with Gasteiger partial charge >= 0.3 is 0 Å². The molecule has 1 amide bonds. The van der Waals surface area contributed by atoms with Crippen LogP contribution in [-0.4, -0.2) is 45.6 Å². The molecule has 0 aliphatic carbocycles. The minimum Gasteiger partial charge on any atom is -0.355 e. The minimum atomic E-state index is -0.268. The summed E-state index contributed by atoms with van der Waals surface area (Å²) >= 11 is 1.45. The van der Waals surface area contributed by atoms with Gasteiger partial charge in [-0.2, -0.15) is 0 Å². The van der Waals surface area contributed by atoms with Crippen LogP contribution in [0.3, 0.4) is 0 Å². The Morgan fingerprint density at radius 1 is 1.06 bits per heavy atom. The van der Waals surface area contributed by atoms with E-state index in [4.69, 9.17) is 0 Å². The summed E-state index contributed by atoms with van der Waals surface area (Å²) in [5, 5.41) is 12.5. The largest absolute Gasteiger partial charge is 0.355 e. The molecule has 1 aliphatic rings. The van der Waals surface area contributed by atoms with Crippen molar-refractivity contribution in [3.05, 3.63) is 65.7 Å². The highest BCUT2D eigenvalue weighted by atomic mass is 32.2. The summed E-state index contributed by atoms with van der Waals surface area (Å²) in [5.74, 6) is 0.877. The summed E-state index contributed by atoms with van der Waals surface area (Å²) in [6.45, 7) is 6.60. The summed E-state index contributed by atoms with van der Waals surface area (Å²) in [5.41, 5.74) is 3.45. The van der Waals surface area contributed by atoms with Crippen LogP contribution in [0.1, 0.15) is 30.9 Å². The summed E-state index contributed by atoms with van der Waals surface area (Å²) in [6, 6.07) is 18.6. The normalized spacial score (nSPS) is 14.6. The van der Waals surface area contributed by atoms with E-state index in [-0.39, 0.29) is 11.2 Å². The van der Waals surface area contributed by atoms with Crippen molar-refractivity contribution in [2.45, 2.75) is 43.5 Å². The Bertz CT molecular complexity index is 997. The standard InChI is InChI=1S/C24H29N5OS/c1-18-10-12-21(13-11-18)29-23(28-16-6-7-17-28)26-27-24(29)31-19(2)22(30)25-15-14-20-8-4-3-5-9-20/h3-5,8-13,19H,6-7,14-17H2,1-2H3,(H,25,30). The molecule has 0 spiro atoms. The van der Waals surface area contributed by atoms with Crippen LogP contribution in [0.15, 0.2) is 59.8 Å². The number of aryl methyl sites for hydroxylation is 1. The van der Waals surface area contributed by atoms with E-state index < -0.39 is 0 Å². The lowest BCUT2D eigenvalue weighted by atomic mass is 10.1. The van der Waals surface area contributed by atoms with E-state index in [0.717, 1.165) is 36.3 Å². The molecule has 2 heterocycles. The quantitative estimate of drug-likeness (QED) is 0.542. The molecule has 4 rings (SSSR count). The van der Waals surface area contributed by atoms with Crippen LogP contribution in [0.25, 0.3) is 5.69 Å². The highest BCUT2D eigenvalue weighted by Gasteiger charge is 2.25. The van der Waals surface area contributed by atoms with Crippen LogP contribution < -0.4 is 10.2 Å². The van der Waals surface area contributed by atoms with Crippen LogP contribution in [0.5, 0.6) is 0 Å². The molecule has 2 aromatic carbocycles. The van der Waals surface area contributed by atoms with E-state index in [0.29, 0.717) is 6.54 Å². The highest BCUT2D eigenvalue weighted by molar-refractivity contribution is 8.00. The number of nitrogens with zero attached hydrogens (tertiary/aromatic N) is 4. The average Bonchev–Trinajstić information content (AvgIpc) is 3.45. The SMILES string of the molecule is Cc1ccc(-n2c(SC(C)C(=O)NCCc3ccccc3)nnc2N2CCCC2)cc1. The van der Waals surface area contributed by atoms with E-state index >= 15 is 0 Å². The summed E-state index contributed by atoms with van der Waals surface area (Å²) in [6.07, 6.45) is 3.16. The molecule has 7 heteroatoms. The van der Waals surface area contributed by atoms with Crippen molar-refractivity contribution in [3.63, 3.8) is 0 Å². The van der Waals surface area contributed by atoms with Crippen LogP contribution in [0, 0.1) is 6.92 Å². The molecule has 6 nitrogen and oxygen atoms in total. The third kappa shape index (κ3) is 5.28. The molecular weight excluding hydrogens is 406 g/mol. The van der Waals surface area contributed by atoms with Gasteiger partial charge in [-0.15, -0.1) is 10.2 Å². The molecule has 1 N–H and O–H groups in total. The van der Waals surface area contributed by atoms with Crippen molar-refractivity contribution in [2.75, 3.05) is 24.5 Å². The molecule has 1 unspecified atom stereocenters. The Balaban J connectivity index is 1.46. The van der Waals surface area contributed by atoms with Gasteiger partial charge in [0.05, 0.1) is 10.9 Å². The average molecular weight is 436 g/mol. The molecule has 162 valence electrons. The molecule has 1 saturated heterocycles. The van der Waals surface area contributed by atoms with Gasteiger partial charge in [0.25, 0.3) is 0 Å². The molecule has 0 radical (unpaired) electrons. The van der Waals surface area contributed by atoms with Crippen molar-refractivity contribution < 1.29 is 4.79 Å². The fraction of sp³-hybridized carbons (Fsp3) is 0.375. The molecule has 3 aromatic rings. The predicted molar refractivity (Wildman–Crippen MR) is 126 cm³/mol. The zero-order valence-corrected chi connectivity index (χ0v) is 18.9. The van der Waals surface area contributed by atoms with E-state index in [2.05, 4.69) is 68.3 Å². The third-order valence-corrected chi connectivity index (χ3v) is 6.55. The number of hydrogen-bond donors (Lipinski definition) is 1. The summed E-state index contributed by atoms with van der Waals surface area (Å²) in [7, 11) is 0. The van der Waals surface area contributed by atoms with Crippen molar-refractivity contribution in [1.29, 1.82) is 0 Å². The number of anilines is 1. The Morgan fingerprint density at radius 2 is 1.77 bits per heavy atom. The number of hydrogen-bond acceptors (Lipinski definition) is 5. The number of thioether (sulfide) groups is 1. The molecule has 1 atom stereocenters. The number of carbonyl (C=O) groups is 1. The van der Waals surface area contributed by atoms with Crippen LogP contribution in [-0.2, 0) is 11.2 Å². The zero-order valence-electron chi connectivity index (χ0n) is 18.1. The number of amides is 1. The molecule has 0 saturated carbocycles. The van der Waals surface area contributed by atoms with Gasteiger partial charge in [-0.1, -0.05) is 59.8 Å². The maximum Gasteiger partial charge on any atom is 0.233 e. The van der Waals surface area contributed by atoms with Crippen molar-refractivity contribution >= 4 is 23.6 Å². The number of carbonyl (C=O) groups excluding carboxylic acids is 1. The van der Waals surface area contributed by atoms with Gasteiger partial charge in [0.1, 0.15) is 0 Å². The topological polar surface area (TPSA) is 63.1 Å². The molecule has 31 heavy (non-hydrogen) atoms. The van der Waals surface area contributed by atoms with Crippen molar-refractivity contribution in [2.24, 2.45) is 0 Å². The predicted octanol–water partition coefficient (Wildman–Crippen LogP) is 4.02. The van der Waals surface area contributed by atoms with Gasteiger partial charge in [0, 0.05) is 19.6 Å². The van der Waals surface area contributed by atoms with Gasteiger partial charge < -0.3 is 10.2 Å². The number of benzene rings is 2. The van der Waals surface area contributed by atoms with Gasteiger partial charge in [-0.25, -0.2) is 0 Å². The number of aromatic nitrogens is 3. The van der Waals surface area contributed by atoms with Crippen molar-refractivity contribution in [3.8, 4) is 5.69 Å². The Morgan fingerprint density at radius 3 is 2.48 bits per heavy atom. The molecule has 1 aliphatic heterocycles. The second kappa shape index (κ2) is 10.0. The zero-order chi connectivity index (χ0) is 21.6. The van der Waals surface area contributed by atoms with E-state index in [9.17, 15) is 4.79 Å². The Hall–Kier alpha value is -2.80. The molecule has 1 aromatic heterocycles. The van der Waals surface area contributed by atoms with Gasteiger partial charge in [0.2, 0.25) is 11.9 Å². The lowest BCUT2D eigenvalue weighted by Crippen LogP contribution is -2.32. The van der Waals surface area contributed by atoms with E-state index in [1.165, 1.54) is 35.7 Å². The second-order valence-corrected chi connectivity index (χ2v) is 9.24. The van der Waals surface area contributed by atoms with Crippen LogP contribution in [0.4, 0.5) is 5.95 Å². The molecular formula is C24H29N5OS. The van der Waals surface area contributed by atoms with Crippen molar-refractivity contribution in [1.82, 2.24) is 20.1 Å². The van der Waals surface area contributed by atoms with Gasteiger partial charge in [-0.05, 0) is 50.8 Å². The fourth-order valence-corrected chi connectivity index (χ4v) is 4.60. The first-order valence-electron chi connectivity index (χ1n) is 10.9. The second-order valence-electron chi connectivity index (χ2n) is 7.93. The first-order chi connectivity index (χ1) is 15.1. The summed E-state index contributed by atoms with van der Waals surface area (Å²) in [4.78, 5) is 15.0. The van der Waals surface area contributed by atoms with Crippen LogP contribution in [0.2, 0.25) is 0 Å². The maximum atomic E-state index is 12.7. The highest BCUT2D eigenvalue weighted by Crippen LogP contribution is 2.30. The molecule has 0 bridgehead atoms. The minimum absolute atomic E-state index is 0.0158. The molecule has 1 fully saturated rings. The maximum absolute atomic E-state index is 12.7. The van der Waals surface area contributed by atoms with E-state index in [1.807, 2.05) is 25.1 Å². The third-order valence-electron chi connectivity index (χ3n) is 5.50. The van der Waals surface area contributed by atoms with Crippen LogP contribution >= 0.6 is 11.8 Å². The first kappa shape index (κ1) is 21.4. The summed E-state index contributed by atoms with van der Waals surface area (Å²) < 4.78 is 2.09. The van der Waals surface area contributed by atoms with Gasteiger partial charge in [-0.3, -0.25) is 9.36 Å². The Kier molecular flexibility index (Phi) is 6.92. The number of rotatable bonds is 8. The first-order valence-corrected chi connectivity index (χ1v) is 11.8. The van der Waals surface area contributed by atoms with E-state index in [1.54, 1.807) is 0 Å². The monoisotopic (exact) mass is 435 g/mol.